The SMILES string of the molecule is CC(C)CN1CC2=C(C1=O)[C@@H](c1ccccc1Cl)NC(=O)N2. The third kappa shape index (κ3) is 2.57. The van der Waals surface area contributed by atoms with Crippen LogP contribution in [0, 0.1) is 5.92 Å². The fraction of sp³-hybridized carbons (Fsp3) is 0.375. The zero-order valence-electron chi connectivity index (χ0n) is 12.5. The van der Waals surface area contributed by atoms with Crippen molar-refractivity contribution in [2.75, 3.05) is 13.1 Å². The molecule has 116 valence electrons. The van der Waals surface area contributed by atoms with E-state index in [1.54, 1.807) is 11.0 Å². The van der Waals surface area contributed by atoms with E-state index in [-0.39, 0.29) is 11.9 Å². The number of hydrogen-bond acceptors (Lipinski definition) is 2. The molecule has 6 heteroatoms. The molecule has 1 aromatic rings. The summed E-state index contributed by atoms with van der Waals surface area (Å²) in [6.45, 7) is 5.23. The Hall–Kier alpha value is -2.01. The fourth-order valence-corrected chi connectivity index (χ4v) is 3.20. The predicted molar refractivity (Wildman–Crippen MR) is 84.3 cm³/mol. The molecule has 0 spiro atoms. The van der Waals surface area contributed by atoms with E-state index in [0.717, 1.165) is 5.56 Å². The number of rotatable bonds is 3. The first-order valence-electron chi connectivity index (χ1n) is 7.31. The molecule has 2 aliphatic rings. The van der Waals surface area contributed by atoms with E-state index in [9.17, 15) is 9.59 Å². The van der Waals surface area contributed by atoms with Gasteiger partial charge < -0.3 is 15.5 Å². The summed E-state index contributed by atoms with van der Waals surface area (Å²) in [5.74, 6) is 0.328. The number of amides is 3. The van der Waals surface area contributed by atoms with Crippen LogP contribution in [0.2, 0.25) is 5.02 Å². The van der Waals surface area contributed by atoms with Crippen LogP contribution in [0.25, 0.3) is 0 Å². The number of benzene rings is 1. The smallest absolute Gasteiger partial charge is 0.319 e. The second kappa shape index (κ2) is 5.65. The molecule has 0 saturated heterocycles. The number of carbonyl (C=O) groups is 2. The van der Waals surface area contributed by atoms with Gasteiger partial charge in [-0.15, -0.1) is 0 Å². The van der Waals surface area contributed by atoms with Crippen molar-refractivity contribution in [2.24, 2.45) is 5.92 Å². The normalized spacial score (nSPS) is 21.1. The summed E-state index contributed by atoms with van der Waals surface area (Å²) in [5, 5.41) is 6.10. The molecule has 0 bridgehead atoms. The van der Waals surface area contributed by atoms with Gasteiger partial charge in [0, 0.05) is 11.6 Å². The van der Waals surface area contributed by atoms with Gasteiger partial charge in [-0.1, -0.05) is 43.6 Å². The quantitative estimate of drug-likeness (QED) is 0.899. The summed E-state index contributed by atoms with van der Waals surface area (Å²) in [6, 6.07) is 6.47. The average Bonchev–Trinajstić information content (AvgIpc) is 2.74. The molecule has 0 fully saturated rings. The molecule has 5 nitrogen and oxygen atoms in total. The van der Waals surface area contributed by atoms with E-state index in [4.69, 9.17) is 11.6 Å². The lowest BCUT2D eigenvalue weighted by Gasteiger charge is -2.26. The Kier molecular flexibility index (Phi) is 3.83. The molecule has 1 aromatic carbocycles. The molecule has 0 saturated carbocycles. The van der Waals surface area contributed by atoms with E-state index >= 15 is 0 Å². The Bertz CT molecular complexity index is 669. The van der Waals surface area contributed by atoms with Crippen LogP contribution in [0.5, 0.6) is 0 Å². The third-order valence-corrected chi connectivity index (χ3v) is 4.17. The highest BCUT2D eigenvalue weighted by atomic mass is 35.5. The lowest BCUT2D eigenvalue weighted by atomic mass is 9.96. The Balaban J connectivity index is 1.98. The minimum absolute atomic E-state index is 0.0406. The first kappa shape index (κ1) is 14.9. The molecular formula is C16H18ClN3O2. The molecule has 0 aromatic heterocycles. The van der Waals surface area contributed by atoms with Gasteiger partial charge in [-0.25, -0.2) is 4.79 Å². The Labute approximate surface area is 134 Å². The molecule has 0 unspecified atom stereocenters. The number of nitrogens with zero attached hydrogens (tertiary/aromatic N) is 1. The van der Waals surface area contributed by atoms with E-state index in [0.29, 0.717) is 35.3 Å². The first-order chi connectivity index (χ1) is 10.5. The average molecular weight is 320 g/mol. The standard InChI is InChI=1S/C16H18ClN3O2/c1-9(2)7-20-8-12-13(15(20)21)14(19-16(22)18-12)10-5-3-4-6-11(10)17/h3-6,9,14H,7-8H2,1-2H3,(H2,18,19,22)/t14-/m1/s1. The summed E-state index contributed by atoms with van der Waals surface area (Å²) in [4.78, 5) is 26.4. The summed E-state index contributed by atoms with van der Waals surface area (Å²) in [5.41, 5.74) is 2.01. The molecule has 3 rings (SSSR count). The Morgan fingerprint density at radius 1 is 1.32 bits per heavy atom. The maximum atomic E-state index is 12.7. The highest BCUT2D eigenvalue weighted by Crippen LogP contribution is 2.35. The molecule has 2 N–H and O–H groups in total. The van der Waals surface area contributed by atoms with Crippen LogP contribution in [0.15, 0.2) is 35.5 Å². The van der Waals surface area contributed by atoms with Crippen LogP contribution < -0.4 is 10.6 Å². The number of nitrogens with one attached hydrogen (secondary N) is 2. The van der Waals surface area contributed by atoms with Crippen molar-refractivity contribution in [3.63, 3.8) is 0 Å². The lowest BCUT2D eigenvalue weighted by Crippen LogP contribution is -2.44. The number of carbonyl (C=O) groups excluding carboxylic acids is 2. The maximum absolute atomic E-state index is 12.7. The van der Waals surface area contributed by atoms with Gasteiger partial charge in [0.2, 0.25) is 0 Å². The van der Waals surface area contributed by atoms with Crippen molar-refractivity contribution in [2.45, 2.75) is 19.9 Å². The largest absolute Gasteiger partial charge is 0.333 e. The van der Waals surface area contributed by atoms with Crippen LogP contribution in [0.1, 0.15) is 25.5 Å². The maximum Gasteiger partial charge on any atom is 0.319 e. The van der Waals surface area contributed by atoms with Gasteiger partial charge in [-0.05, 0) is 17.5 Å². The minimum Gasteiger partial charge on any atom is -0.333 e. The van der Waals surface area contributed by atoms with Crippen LogP contribution >= 0.6 is 11.6 Å². The number of urea groups is 1. The van der Waals surface area contributed by atoms with E-state index < -0.39 is 6.04 Å². The Morgan fingerprint density at radius 2 is 2.05 bits per heavy atom. The van der Waals surface area contributed by atoms with Crippen molar-refractivity contribution >= 4 is 23.5 Å². The number of halogens is 1. The molecule has 0 radical (unpaired) electrons. The van der Waals surface area contributed by atoms with Gasteiger partial charge >= 0.3 is 6.03 Å². The van der Waals surface area contributed by atoms with Gasteiger partial charge in [0.25, 0.3) is 5.91 Å². The van der Waals surface area contributed by atoms with E-state index in [1.807, 2.05) is 18.2 Å². The van der Waals surface area contributed by atoms with Crippen LogP contribution in [0.3, 0.4) is 0 Å². The zero-order chi connectivity index (χ0) is 15.9. The third-order valence-electron chi connectivity index (χ3n) is 3.82. The topological polar surface area (TPSA) is 61.4 Å². The van der Waals surface area contributed by atoms with Crippen molar-refractivity contribution in [1.29, 1.82) is 0 Å². The lowest BCUT2D eigenvalue weighted by molar-refractivity contribution is -0.126. The predicted octanol–water partition coefficient (Wildman–Crippen LogP) is 2.45. The van der Waals surface area contributed by atoms with Crippen LogP contribution in [0.4, 0.5) is 4.79 Å². The zero-order valence-corrected chi connectivity index (χ0v) is 13.3. The summed E-state index contributed by atoms with van der Waals surface area (Å²) < 4.78 is 0. The van der Waals surface area contributed by atoms with Gasteiger partial charge in [0.05, 0.1) is 23.9 Å². The van der Waals surface area contributed by atoms with E-state index in [2.05, 4.69) is 24.5 Å². The van der Waals surface area contributed by atoms with Crippen LogP contribution in [-0.4, -0.2) is 29.9 Å². The van der Waals surface area contributed by atoms with Crippen molar-refractivity contribution in [3.8, 4) is 0 Å². The van der Waals surface area contributed by atoms with Gasteiger partial charge in [-0.2, -0.15) is 0 Å². The number of hydrogen-bond donors (Lipinski definition) is 2. The van der Waals surface area contributed by atoms with Crippen molar-refractivity contribution < 1.29 is 9.59 Å². The molecule has 22 heavy (non-hydrogen) atoms. The molecular weight excluding hydrogens is 302 g/mol. The van der Waals surface area contributed by atoms with Gasteiger partial charge in [0.1, 0.15) is 0 Å². The summed E-state index contributed by atoms with van der Waals surface area (Å²) >= 11 is 6.24. The molecule has 2 aliphatic heterocycles. The van der Waals surface area contributed by atoms with Crippen LogP contribution in [-0.2, 0) is 4.79 Å². The van der Waals surface area contributed by atoms with Crippen molar-refractivity contribution in [1.82, 2.24) is 15.5 Å². The first-order valence-corrected chi connectivity index (χ1v) is 7.69. The second-order valence-electron chi connectivity index (χ2n) is 6.02. The van der Waals surface area contributed by atoms with Crippen molar-refractivity contribution in [3.05, 3.63) is 46.1 Å². The molecule has 0 aliphatic carbocycles. The van der Waals surface area contributed by atoms with Gasteiger partial charge in [0.15, 0.2) is 0 Å². The summed E-state index contributed by atoms with van der Waals surface area (Å²) in [7, 11) is 0. The van der Waals surface area contributed by atoms with E-state index in [1.165, 1.54) is 0 Å². The highest BCUT2D eigenvalue weighted by Gasteiger charge is 2.40. The Morgan fingerprint density at radius 3 is 2.73 bits per heavy atom. The fourth-order valence-electron chi connectivity index (χ4n) is 2.96. The highest BCUT2D eigenvalue weighted by molar-refractivity contribution is 6.31. The minimum atomic E-state index is -0.498. The molecule has 1 atom stereocenters. The monoisotopic (exact) mass is 319 g/mol. The molecule has 3 amide bonds. The molecule has 2 heterocycles. The van der Waals surface area contributed by atoms with Gasteiger partial charge in [-0.3, -0.25) is 4.79 Å². The summed E-state index contributed by atoms with van der Waals surface area (Å²) in [6.07, 6.45) is 0. The second-order valence-corrected chi connectivity index (χ2v) is 6.43.